The minimum atomic E-state index is -1.04. The highest BCUT2D eigenvalue weighted by atomic mass is 35.5. The maximum Gasteiger partial charge on any atom is 0.0604 e. The second-order valence-corrected chi connectivity index (χ2v) is 8.10. The molecule has 0 amide bonds. The normalized spacial score (nSPS) is 24.5. The van der Waals surface area contributed by atoms with Gasteiger partial charge in [0.15, 0.2) is 0 Å². The van der Waals surface area contributed by atoms with E-state index in [1.807, 2.05) is 6.07 Å². The van der Waals surface area contributed by atoms with Gasteiger partial charge in [0, 0.05) is 10.9 Å². The predicted octanol–water partition coefficient (Wildman–Crippen LogP) is 4.80. The molecule has 21 heavy (non-hydrogen) atoms. The molecule has 118 valence electrons. The number of benzene rings is 1. The van der Waals surface area contributed by atoms with Crippen LogP contribution < -0.4 is 5.32 Å². The van der Waals surface area contributed by atoms with Gasteiger partial charge in [0.1, 0.15) is 0 Å². The Morgan fingerprint density at radius 2 is 1.95 bits per heavy atom. The Morgan fingerprint density at radius 3 is 2.67 bits per heavy atom. The van der Waals surface area contributed by atoms with Gasteiger partial charge in [0.25, 0.3) is 0 Å². The summed E-state index contributed by atoms with van der Waals surface area (Å²) in [5, 5.41) is 4.74. The van der Waals surface area contributed by atoms with Crippen LogP contribution in [-0.2, 0) is 10.8 Å². The molecule has 0 heterocycles. The molecule has 0 saturated heterocycles. The van der Waals surface area contributed by atoms with Crippen LogP contribution in [0.25, 0.3) is 0 Å². The third kappa shape index (κ3) is 4.69. The molecule has 1 aliphatic rings. The van der Waals surface area contributed by atoms with Crippen LogP contribution in [0.3, 0.4) is 0 Å². The van der Waals surface area contributed by atoms with Gasteiger partial charge in [-0.05, 0) is 44.0 Å². The fraction of sp³-hybridized carbons (Fsp3) is 0.625. The highest BCUT2D eigenvalue weighted by Crippen LogP contribution is 2.29. The first-order valence-corrected chi connectivity index (χ1v) is 9.69. The third-order valence-electron chi connectivity index (χ3n) is 4.01. The average molecular weight is 348 g/mol. The number of nitrogens with one attached hydrogen (secondary N) is 1. The number of rotatable bonds is 5. The quantitative estimate of drug-likeness (QED) is 0.775. The minimum absolute atomic E-state index is 0.163. The van der Waals surface area contributed by atoms with Gasteiger partial charge in [0.2, 0.25) is 0 Å². The number of hydrogen-bond acceptors (Lipinski definition) is 2. The molecule has 1 saturated carbocycles. The van der Waals surface area contributed by atoms with E-state index in [0.717, 1.165) is 37.1 Å². The fourth-order valence-electron chi connectivity index (χ4n) is 2.87. The molecule has 1 aromatic carbocycles. The Morgan fingerprint density at radius 1 is 1.19 bits per heavy atom. The van der Waals surface area contributed by atoms with Gasteiger partial charge < -0.3 is 5.32 Å². The van der Waals surface area contributed by atoms with Crippen LogP contribution in [-0.4, -0.2) is 22.0 Å². The SMILES string of the molecule is CCCNC1CCCCCC1S(=O)c1ccc(Cl)c(Cl)c1. The van der Waals surface area contributed by atoms with Gasteiger partial charge >= 0.3 is 0 Å². The lowest BCUT2D eigenvalue weighted by Crippen LogP contribution is -2.41. The molecule has 0 radical (unpaired) electrons. The molecular formula is C16H23Cl2NOS. The highest BCUT2D eigenvalue weighted by molar-refractivity contribution is 7.85. The fourth-order valence-corrected chi connectivity index (χ4v) is 4.93. The van der Waals surface area contributed by atoms with Crippen LogP contribution in [0.2, 0.25) is 10.0 Å². The Labute approximate surface area is 140 Å². The number of hydrogen-bond donors (Lipinski definition) is 1. The van der Waals surface area contributed by atoms with Gasteiger partial charge in [-0.2, -0.15) is 0 Å². The van der Waals surface area contributed by atoms with Crippen molar-refractivity contribution in [2.45, 2.75) is 61.6 Å². The highest BCUT2D eigenvalue weighted by Gasteiger charge is 2.29. The summed E-state index contributed by atoms with van der Waals surface area (Å²) in [5.74, 6) is 0. The second kappa shape index (κ2) is 8.52. The van der Waals surface area contributed by atoms with Crippen molar-refractivity contribution in [3.05, 3.63) is 28.2 Å². The van der Waals surface area contributed by atoms with E-state index in [1.165, 1.54) is 12.8 Å². The average Bonchev–Trinajstić information content (AvgIpc) is 2.72. The van der Waals surface area contributed by atoms with Crippen LogP contribution in [0.1, 0.15) is 45.4 Å². The maximum atomic E-state index is 13.0. The minimum Gasteiger partial charge on any atom is -0.313 e. The van der Waals surface area contributed by atoms with Crippen molar-refractivity contribution in [2.24, 2.45) is 0 Å². The Hall–Kier alpha value is -0.0900. The van der Waals surface area contributed by atoms with Gasteiger partial charge in [-0.1, -0.05) is 49.4 Å². The molecule has 0 aliphatic heterocycles. The lowest BCUT2D eigenvalue weighted by molar-refractivity contribution is 0.463. The van der Waals surface area contributed by atoms with Crippen LogP contribution in [0.4, 0.5) is 0 Å². The van der Waals surface area contributed by atoms with Crippen molar-refractivity contribution < 1.29 is 4.21 Å². The molecule has 5 heteroatoms. The summed E-state index contributed by atoms with van der Waals surface area (Å²) in [6, 6.07) is 5.67. The molecule has 3 atom stereocenters. The summed E-state index contributed by atoms with van der Waals surface area (Å²) in [6.45, 7) is 3.15. The summed E-state index contributed by atoms with van der Waals surface area (Å²) in [6.07, 6.45) is 6.83. The first-order chi connectivity index (χ1) is 10.1. The molecule has 3 unspecified atom stereocenters. The molecular weight excluding hydrogens is 325 g/mol. The largest absolute Gasteiger partial charge is 0.313 e. The standard InChI is InChI=1S/C16H23Cl2NOS/c1-2-10-19-15-6-4-3-5-7-16(15)21(20)12-8-9-13(17)14(18)11-12/h8-9,11,15-16,19H,2-7,10H2,1H3. The van der Waals surface area contributed by atoms with Crippen LogP contribution in [0, 0.1) is 0 Å². The topological polar surface area (TPSA) is 29.1 Å². The summed E-state index contributed by atoms with van der Waals surface area (Å²) < 4.78 is 13.0. The zero-order valence-electron chi connectivity index (χ0n) is 12.4. The third-order valence-corrected chi connectivity index (χ3v) is 6.58. The van der Waals surface area contributed by atoms with E-state index in [9.17, 15) is 4.21 Å². The van der Waals surface area contributed by atoms with Gasteiger partial charge in [0.05, 0.1) is 26.1 Å². The summed E-state index contributed by atoms with van der Waals surface area (Å²) in [7, 11) is -1.04. The van der Waals surface area contributed by atoms with Crippen LogP contribution >= 0.6 is 23.2 Å². The smallest absolute Gasteiger partial charge is 0.0604 e. The summed E-state index contributed by atoms with van der Waals surface area (Å²) in [4.78, 5) is 0.791. The van der Waals surface area contributed by atoms with Crippen molar-refractivity contribution in [1.29, 1.82) is 0 Å². The molecule has 0 spiro atoms. The molecule has 2 nitrogen and oxygen atoms in total. The van der Waals surface area contributed by atoms with Crippen molar-refractivity contribution in [3.63, 3.8) is 0 Å². The van der Waals surface area contributed by atoms with Gasteiger partial charge in [-0.3, -0.25) is 4.21 Å². The number of halogens is 2. The summed E-state index contributed by atoms with van der Waals surface area (Å²) in [5.41, 5.74) is 0. The van der Waals surface area contributed by atoms with E-state index in [0.29, 0.717) is 16.1 Å². The molecule has 0 bridgehead atoms. The molecule has 1 N–H and O–H groups in total. The van der Waals surface area contributed by atoms with E-state index >= 15 is 0 Å². The van der Waals surface area contributed by atoms with E-state index in [4.69, 9.17) is 23.2 Å². The Balaban J connectivity index is 2.17. The zero-order valence-corrected chi connectivity index (χ0v) is 14.7. The lowest BCUT2D eigenvalue weighted by atomic mass is 10.1. The van der Waals surface area contributed by atoms with Crippen molar-refractivity contribution >= 4 is 34.0 Å². The maximum absolute atomic E-state index is 13.0. The van der Waals surface area contributed by atoms with Crippen LogP contribution in [0.15, 0.2) is 23.1 Å². The molecule has 0 aromatic heterocycles. The zero-order chi connectivity index (χ0) is 15.2. The van der Waals surface area contributed by atoms with E-state index in [-0.39, 0.29) is 5.25 Å². The van der Waals surface area contributed by atoms with Crippen LogP contribution in [0.5, 0.6) is 0 Å². The van der Waals surface area contributed by atoms with Gasteiger partial charge in [-0.15, -0.1) is 0 Å². The van der Waals surface area contributed by atoms with E-state index in [2.05, 4.69) is 12.2 Å². The first kappa shape index (κ1) is 17.3. The van der Waals surface area contributed by atoms with Crippen molar-refractivity contribution in [1.82, 2.24) is 5.32 Å². The molecule has 1 aliphatic carbocycles. The monoisotopic (exact) mass is 347 g/mol. The predicted molar refractivity (Wildman–Crippen MR) is 91.8 cm³/mol. The molecule has 2 rings (SSSR count). The van der Waals surface area contributed by atoms with Crippen molar-refractivity contribution in [2.75, 3.05) is 6.54 Å². The Kier molecular flexibility index (Phi) is 7.00. The molecule has 1 aromatic rings. The lowest BCUT2D eigenvalue weighted by Gasteiger charge is -2.25. The van der Waals surface area contributed by atoms with Crippen molar-refractivity contribution in [3.8, 4) is 0 Å². The van der Waals surface area contributed by atoms with E-state index < -0.39 is 10.8 Å². The second-order valence-electron chi connectivity index (χ2n) is 5.61. The van der Waals surface area contributed by atoms with E-state index in [1.54, 1.807) is 12.1 Å². The first-order valence-electron chi connectivity index (χ1n) is 7.72. The summed E-state index contributed by atoms with van der Waals surface area (Å²) >= 11 is 12.0. The molecule has 1 fully saturated rings. The Bertz CT molecular complexity index is 495. The van der Waals surface area contributed by atoms with Gasteiger partial charge in [-0.25, -0.2) is 0 Å².